The number of halogens is 1. The molecule has 21 heavy (non-hydrogen) atoms. The minimum atomic E-state index is -3.69. The predicted octanol–water partition coefficient (Wildman–Crippen LogP) is 3.01. The summed E-state index contributed by atoms with van der Waals surface area (Å²) in [6, 6.07) is 8.30. The van der Waals surface area contributed by atoms with E-state index < -0.39 is 9.84 Å². The van der Waals surface area contributed by atoms with Gasteiger partial charge in [0.1, 0.15) is 10.5 Å². The van der Waals surface area contributed by atoms with Crippen LogP contribution in [0, 0.1) is 3.57 Å². The van der Waals surface area contributed by atoms with Gasteiger partial charge in [-0.3, -0.25) is 0 Å². The van der Waals surface area contributed by atoms with Gasteiger partial charge in [0.25, 0.3) is 0 Å². The number of hydrogen-bond acceptors (Lipinski definition) is 4. The van der Waals surface area contributed by atoms with Crippen molar-refractivity contribution >= 4 is 43.5 Å². The van der Waals surface area contributed by atoms with Gasteiger partial charge in [-0.2, -0.15) is 0 Å². The average molecular weight is 414 g/mol. The van der Waals surface area contributed by atoms with Gasteiger partial charge in [0.05, 0.1) is 23.6 Å². The Kier molecular flexibility index (Phi) is 3.62. The average Bonchev–Trinajstić information content (AvgIpc) is 2.88. The third-order valence-electron chi connectivity index (χ3n) is 3.12. The highest BCUT2D eigenvalue weighted by Crippen LogP contribution is 2.36. The Labute approximate surface area is 135 Å². The molecule has 0 aliphatic carbocycles. The first-order valence-corrected chi connectivity index (χ1v) is 8.61. The van der Waals surface area contributed by atoms with Crippen LogP contribution in [-0.4, -0.2) is 25.5 Å². The molecule has 1 aromatic carbocycles. The molecule has 3 aromatic rings. The molecule has 0 fully saturated rings. The van der Waals surface area contributed by atoms with Crippen molar-refractivity contribution in [3.63, 3.8) is 0 Å². The summed E-state index contributed by atoms with van der Waals surface area (Å²) in [5.74, 6) is 0.240. The number of fused-ring (bicyclic) bond motifs is 1. The minimum Gasteiger partial charge on any atom is -0.494 e. The number of nitrogens with one attached hydrogen (secondary N) is 1. The van der Waals surface area contributed by atoms with Gasteiger partial charge in [-0.1, -0.05) is 18.2 Å². The van der Waals surface area contributed by atoms with E-state index >= 15 is 0 Å². The first-order valence-electron chi connectivity index (χ1n) is 6.05. The van der Waals surface area contributed by atoms with E-state index in [1.807, 2.05) is 0 Å². The molecule has 108 valence electrons. The van der Waals surface area contributed by atoms with Gasteiger partial charge in [0.15, 0.2) is 5.75 Å². The quantitative estimate of drug-likeness (QED) is 0.669. The first kappa shape index (κ1) is 14.3. The number of methoxy groups -OCH3 is 1. The normalized spacial score (nSPS) is 11.7. The third kappa shape index (κ3) is 2.30. The largest absolute Gasteiger partial charge is 0.494 e. The van der Waals surface area contributed by atoms with E-state index in [2.05, 4.69) is 32.6 Å². The molecule has 0 saturated heterocycles. The van der Waals surface area contributed by atoms with Crippen LogP contribution in [0.25, 0.3) is 11.0 Å². The Hall–Kier alpha value is -1.61. The molecule has 1 N–H and O–H groups in total. The fraction of sp³-hybridized carbons (Fsp3) is 0.0714. The van der Waals surface area contributed by atoms with Crippen LogP contribution in [-0.2, 0) is 9.84 Å². The van der Waals surface area contributed by atoms with Crippen molar-refractivity contribution in [1.29, 1.82) is 0 Å². The first-order chi connectivity index (χ1) is 10.1. The zero-order valence-electron chi connectivity index (χ0n) is 11.0. The van der Waals surface area contributed by atoms with Gasteiger partial charge < -0.3 is 9.72 Å². The number of ether oxygens (including phenoxy) is 1. The second kappa shape index (κ2) is 5.30. The summed E-state index contributed by atoms with van der Waals surface area (Å²) in [4.78, 5) is 7.53. The summed E-state index contributed by atoms with van der Waals surface area (Å²) in [5.41, 5.74) is 0.523. The molecule has 0 bridgehead atoms. The summed E-state index contributed by atoms with van der Waals surface area (Å²) in [7, 11) is -2.25. The molecule has 0 amide bonds. The number of aromatic nitrogens is 2. The number of hydrogen-bond donors (Lipinski definition) is 1. The highest BCUT2D eigenvalue weighted by Gasteiger charge is 2.27. The third-order valence-corrected chi connectivity index (χ3v) is 5.80. The van der Waals surface area contributed by atoms with Crippen LogP contribution in [0.15, 0.2) is 52.5 Å². The van der Waals surface area contributed by atoms with Crippen LogP contribution in [0.1, 0.15) is 0 Å². The molecule has 3 rings (SSSR count). The highest BCUT2D eigenvalue weighted by molar-refractivity contribution is 14.1. The van der Waals surface area contributed by atoms with Gasteiger partial charge in [0, 0.05) is 9.77 Å². The second-order valence-corrected chi connectivity index (χ2v) is 7.38. The second-order valence-electron chi connectivity index (χ2n) is 4.33. The number of benzene rings is 1. The lowest BCUT2D eigenvalue weighted by Crippen LogP contribution is -2.06. The van der Waals surface area contributed by atoms with Crippen molar-refractivity contribution in [2.75, 3.05) is 7.11 Å². The number of aromatic amines is 1. The summed E-state index contributed by atoms with van der Waals surface area (Å²) in [6.45, 7) is 0. The topological polar surface area (TPSA) is 72.0 Å². The Bertz CT molecular complexity index is 905. The summed E-state index contributed by atoms with van der Waals surface area (Å²) < 4.78 is 31.9. The van der Waals surface area contributed by atoms with E-state index in [0.717, 1.165) is 3.57 Å². The number of pyridine rings is 1. The minimum absolute atomic E-state index is 0.145. The van der Waals surface area contributed by atoms with Gasteiger partial charge in [0.2, 0.25) is 9.84 Å². The smallest absolute Gasteiger partial charge is 0.211 e. The van der Waals surface area contributed by atoms with E-state index in [-0.39, 0.29) is 15.5 Å². The van der Waals surface area contributed by atoms with E-state index in [4.69, 9.17) is 4.74 Å². The molecule has 2 aromatic heterocycles. The number of sulfone groups is 1. The van der Waals surface area contributed by atoms with Crippen LogP contribution in [0.3, 0.4) is 0 Å². The molecule has 0 saturated carbocycles. The lowest BCUT2D eigenvalue weighted by Gasteiger charge is -2.11. The maximum atomic E-state index is 13.0. The summed E-state index contributed by atoms with van der Waals surface area (Å²) in [6.07, 6.45) is 3.15. The maximum Gasteiger partial charge on any atom is 0.211 e. The van der Waals surface area contributed by atoms with E-state index in [0.29, 0.717) is 11.0 Å². The van der Waals surface area contributed by atoms with Crippen molar-refractivity contribution in [1.82, 2.24) is 9.97 Å². The van der Waals surface area contributed by atoms with E-state index in [1.165, 1.54) is 13.3 Å². The highest BCUT2D eigenvalue weighted by atomic mass is 127. The Morgan fingerprint density at radius 3 is 2.62 bits per heavy atom. The van der Waals surface area contributed by atoms with E-state index in [1.54, 1.807) is 36.5 Å². The lowest BCUT2D eigenvalue weighted by atomic mass is 10.3. The summed E-state index contributed by atoms with van der Waals surface area (Å²) >= 11 is 2.08. The predicted molar refractivity (Wildman–Crippen MR) is 87.3 cm³/mol. The van der Waals surface area contributed by atoms with E-state index in [9.17, 15) is 8.42 Å². The zero-order chi connectivity index (χ0) is 15.0. The Morgan fingerprint density at radius 1 is 1.24 bits per heavy atom. The van der Waals surface area contributed by atoms with Crippen LogP contribution < -0.4 is 4.74 Å². The standard InChI is InChI=1S/C14H11IN2O3S/c1-20-11-8-17-14-12(10(15)7-16-14)13(11)21(18,19)9-5-3-2-4-6-9/h2-8H,1H3,(H,16,17). The molecule has 0 radical (unpaired) electrons. The molecule has 7 heteroatoms. The maximum absolute atomic E-state index is 13.0. The fourth-order valence-electron chi connectivity index (χ4n) is 2.14. The fourth-order valence-corrected chi connectivity index (χ4v) is 4.63. The molecule has 5 nitrogen and oxygen atoms in total. The number of H-pyrrole nitrogens is 1. The van der Waals surface area contributed by atoms with Gasteiger partial charge in [-0.25, -0.2) is 13.4 Å². The molecule has 2 heterocycles. The van der Waals surface area contributed by atoms with Crippen LogP contribution >= 0.6 is 22.6 Å². The van der Waals surface area contributed by atoms with Crippen molar-refractivity contribution < 1.29 is 13.2 Å². The molecule has 0 aliphatic heterocycles. The number of rotatable bonds is 3. The van der Waals surface area contributed by atoms with Crippen LogP contribution in [0.4, 0.5) is 0 Å². The molecular formula is C14H11IN2O3S. The monoisotopic (exact) mass is 414 g/mol. The van der Waals surface area contributed by atoms with Crippen LogP contribution in [0.2, 0.25) is 0 Å². The van der Waals surface area contributed by atoms with Crippen molar-refractivity contribution in [3.8, 4) is 5.75 Å². The van der Waals surface area contributed by atoms with Gasteiger partial charge in [-0.05, 0) is 34.7 Å². The van der Waals surface area contributed by atoms with Crippen molar-refractivity contribution in [3.05, 3.63) is 46.3 Å². The van der Waals surface area contributed by atoms with Crippen LogP contribution in [0.5, 0.6) is 5.75 Å². The zero-order valence-corrected chi connectivity index (χ0v) is 14.0. The molecule has 0 unspecified atom stereocenters. The van der Waals surface area contributed by atoms with Gasteiger partial charge >= 0.3 is 0 Å². The lowest BCUT2D eigenvalue weighted by molar-refractivity contribution is 0.402. The number of nitrogens with zero attached hydrogens (tertiary/aromatic N) is 1. The Morgan fingerprint density at radius 2 is 1.95 bits per heavy atom. The van der Waals surface area contributed by atoms with Crippen molar-refractivity contribution in [2.24, 2.45) is 0 Å². The summed E-state index contributed by atoms with van der Waals surface area (Å²) in [5, 5.41) is 0.554. The molecule has 0 aliphatic rings. The SMILES string of the molecule is COc1cnc2[nH]cc(I)c2c1S(=O)(=O)c1ccccc1. The molecule has 0 atom stereocenters. The molecule has 0 spiro atoms. The van der Waals surface area contributed by atoms with Crippen molar-refractivity contribution in [2.45, 2.75) is 9.79 Å². The molecular weight excluding hydrogens is 403 g/mol. The Balaban J connectivity index is 2.41. The van der Waals surface area contributed by atoms with Gasteiger partial charge in [-0.15, -0.1) is 0 Å².